The van der Waals surface area contributed by atoms with Gasteiger partial charge in [0.25, 0.3) is 0 Å². The van der Waals surface area contributed by atoms with E-state index in [0.29, 0.717) is 53.1 Å². The van der Waals surface area contributed by atoms with Gasteiger partial charge in [-0.3, -0.25) is 0 Å². The van der Waals surface area contributed by atoms with Gasteiger partial charge >= 0.3 is 0 Å². The minimum absolute atomic E-state index is 0.270. The smallest absolute Gasteiger partial charge is 0.226 e. The van der Waals surface area contributed by atoms with Crippen LogP contribution in [0.3, 0.4) is 0 Å². The fourth-order valence-corrected chi connectivity index (χ4v) is 3.77. The van der Waals surface area contributed by atoms with Crippen LogP contribution >= 0.6 is 0 Å². The number of nitrogens with two attached hydrogens (primary N) is 1. The summed E-state index contributed by atoms with van der Waals surface area (Å²) in [5, 5.41) is 4.11. The molecule has 0 amide bonds. The van der Waals surface area contributed by atoms with Crippen molar-refractivity contribution < 1.29 is 13.5 Å². The van der Waals surface area contributed by atoms with E-state index < -0.39 is 6.67 Å². The van der Waals surface area contributed by atoms with Crippen LogP contribution in [0.4, 0.5) is 20.5 Å². The summed E-state index contributed by atoms with van der Waals surface area (Å²) in [6, 6.07) is 24.3. The minimum atomic E-state index is -0.536. The molecule has 3 N–H and O–H groups in total. The van der Waals surface area contributed by atoms with Crippen LogP contribution in [-0.4, -0.2) is 21.5 Å². The summed E-state index contributed by atoms with van der Waals surface area (Å²) in [5.41, 5.74) is 9.49. The van der Waals surface area contributed by atoms with Crippen LogP contribution in [-0.2, 0) is 13.1 Å². The average molecular weight is 484 g/mol. The summed E-state index contributed by atoms with van der Waals surface area (Å²) in [4.78, 5) is 13.6. The molecule has 0 aliphatic heterocycles. The van der Waals surface area contributed by atoms with E-state index in [4.69, 9.17) is 10.5 Å². The van der Waals surface area contributed by atoms with E-state index in [1.165, 1.54) is 12.1 Å². The Balaban J connectivity index is 1.45. The average Bonchev–Trinajstić information content (AvgIpc) is 2.90. The first-order valence-electron chi connectivity index (χ1n) is 11.4. The number of alkyl halides is 1. The summed E-state index contributed by atoms with van der Waals surface area (Å²) >= 11 is 0. The molecule has 8 heteroatoms. The molecule has 5 rings (SSSR count). The zero-order valence-electron chi connectivity index (χ0n) is 19.3. The van der Waals surface area contributed by atoms with E-state index in [1.54, 1.807) is 42.5 Å². The van der Waals surface area contributed by atoms with Gasteiger partial charge in [-0.1, -0.05) is 48.5 Å². The number of nitrogens with one attached hydrogen (secondary N) is 1. The van der Waals surface area contributed by atoms with Gasteiger partial charge < -0.3 is 15.8 Å². The van der Waals surface area contributed by atoms with Crippen LogP contribution < -0.4 is 15.8 Å². The molecule has 6 nitrogen and oxygen atoms in total. The van der Waals surface area contributed by atoms with Crippen molar-refractivity contribution in [1.29, 1.82) is 0 Å². The lowest BCUT2D eigenvalue weighted by atomic mass is 10.1. The molecule has 0 aliphatic rings. The zero-order chi connectivity index (χ0) is 24.9. The third-order valence-electron chi connectivity index (χ3n) is 5.64. The number of nitrogen functional groups attached to an aromatic ring is 1. The second-order valence-corrected chi connectivity index (χ2v) is 8.21. The molecule has 0 radical (unpaired) electrons. The predicted octanol–water partition coefficient (Wildman–Crippen LogP) is 6.33. The van der Waals surface area contributed by atoms with Crippen LogP contribution in [0.1, 0.15) is 11.1 Å². The number of pyridine rings is 1. The number of para-hydroxylation sites is 1. The molecule has 0 atom stereocenters. The summed E-state index contributed by atoms with van der Waals surface area (Å²) in [5.74, 6) is 1.31. The monoisotopic (exact) mass is 483 g/mol. The number of rotatable bonds is 8. The molecule has 5 aromatic rings. The molecule has 36 heavy (non-hydrogen) atoms. The van der Waals surface area contributed by atoms with Gasteiger partial charge in [0.1, 0.15) is 23.8 Å². The maximum Gasteiger partial charge on any atom is 0.226 e. The molecule has 180 valence electrons. The third kappa shape index (κ3) is 5.38. The van der Waals surface area contributed by atoms with Gasteiger partial charge in [-0.25, -0.2) is 18.7 Å². The number of ether oxygens (including phenoxy) is 1. The molecule has 3 aromatic carbocycles. The van der Waals surface area contributed by atoms with Crippen molar-refractivity contribution in [3.8, 4) is 22.9 Å². The van der Waals surface area contributed by atoms with Gasteiger partial charge in [0, 0.05) is 23.6 Å². The highest BCUT2D eigenvalue weighted by Gasteiger charge is 2.12. The number of benzene rings is 3. The second-order valence-electron chi connectivity index (χ2n) is 8.21. The Bertz CT molecular complexity index is 1490. The van der Waals surface area contributed by atoms with Crippen LogP contribution in [0, 0.1) is 5.82 Å². The fourth-order valence-electron chi connectivity index (χ4n) is 3.77. The van der Waals surface area contributed by atoms with E-state index in [0.717, 1.165) is 16.5 Å². The topological polar surface area (TPSA) is 86.0 Å². The van der Waals surface area contributed by atoms with Crippen LogP contribution in [0.25, 0.3) is 22.2 Å². The van der Waals surface area contributed by atoms with Gasteiger partial charge in [0.2, 0.25) is 11.8 Å². The van der Waals surface area contributed by atoms with Gasteiger partial charge in [-0.15, -0.1) is 0 Å². The number of hydrogen-bond acceptors (Lipinski definition) is 6. The number of fused-ring (bicyclic) bond motifs is 1. The molecular weight excluding hydrogens is 460 g/mol. The van der Waals surface area contributed by atoms with Gasteiger partial charge in [0.15, 0.2) is 5.75 Å². The molecule has 0 spiro atoms. The highest BCUT2D eigenvalue weighted by Crippen LogP contribution is 2.31. The molecule has 0 fully saturated rings. The molecule has 0 bridgehead atoms. The van der Waals surface area contributed by atoms with Crippen molar-refractivity contribution >= 4 is 22.7 Å². The lowest BCUT2D eigenvalue weighted by Gasteiger charge is -2.12. The molecule has 2 heterocycles. The predicted molar refractivity (Wildman–Crippen MR) is 137 cm³/mol. The van der Waals surface area contributed by atoms with E-state index in [9.17, 15) is 8.78 Å². The number of aromatic nitrogens is 3. The number of anilines is 2. The van der Waals surface area contributed by atoms with Crippen molar-refractivity contribution in [2.24, 2.45) is 0 Å². The normalized spacial score (nSPS) is 10.9. The second kappa shape index (κ2) is 10.4. The van der Waals surface area contributed by atoms with Crippen molar-refractivity contribution in [2.45, 2.75) is 13.1 Å². The van der Waals surface area contributed by atoms with Crippen molar-refractivity contribution in [2.75, 3.05) is 17.6 Å². The Morgan fingerprint density at radius 3 is 2.39 bits per heavy atom. The Morgan fingerprint density at radius 1 is 0.833 bits per heavy atom. The van der Waals surface area contributed by atoms with Gasteiger partial charge in [0.05, 0.1) is 5.69 Å². The van der Waals surface area contributed by atoms with Crippen molar-refractivity contribution in [3.63, 3.8) is 0 Å². The first-order valence-corrected chi connectivity index (χ1v) is 11.4. The summed E-state index contributed by atoms with van der Waals surface area (Å²) in [6.45, 7) is -0.00646. The molecule has 0 saturated heterocycles. The molecule has 0 saturated carbocycles. The third-order valence-corrected chi connectivity index (χ3v) is 5.64. The first-order chi connectivity index (χ1) is 17.6. The molecule has 2 aromatic heterocycles. The number of nitrogens with zero attached hydrogens (tertiary/aromatic N) is 3. The minimum Gasteiger partial charge on any atom is -0.437 e. The van der Waals surface area contributed by atoms with E-state index >= 15 is 0 Å². The first kappa shape index (κ1) is 23.2. The number of halogens is 2. The SMILES string of the molecule is Nc1ccc2cccc(Oc3cc(-c4ccc(CF)cc4)nc(NCCc4ccc(F)cc4)n3)c2n1. The lowest BCUT2D eigenvalue weighted by molar-refractivity contribution is 0.467. The Hall–Kier alpha value is -4.59. The fraction of sp³-hybridized carbons (Fsp3) is 0.107. The quantitative estimate of drug-likeness (QED) is 0.268. The zero-order valence-corrected chi connectivity index (χ0v) is 19.3. The highest BCUT2D eigenvalue weighted by atomic mass is 19.1. The molecular formula is C28H23F2N5O. The molecule has 0 aliphatic carbocycles. The van der Waals surface area contributed by atoms with Gasteiger partial charge in [-0.2, -0.15) is 4.98 Å². The van der Waals surface area contributed by atoms with Crippen LogP contribution in [0.5, 0.6) is 11.6 Å². The summed E-state index contributed by atoms with van der Waals surface area (Å²) in [7, 11) is 0. The van der Waals surface area contributed by atoms with E-state index in [1.807, 2.05) is 30.3 Å². The largest absolute Gasteiger partial charge is 0.437 e. The highest BCUT2D eigenvalue weighted by molar-refractivity contribution is 5.86. The Labute approximate surface area is 206 Å². The van der Waals surface area contributed by atoms with Crippen LogP contribution in [0.2, 0.25) is 0 Å². The van der Waals surface area contributed by atoms with Gasteiger partial charge in [-0.05, 0) is 47.9 Å². The Kier molecular flexibility index (Phi) is 6.66. The number of hydrogen-bond donors (Lipinski definition) is 2. The van der Waals surface area contributed by atoms with E-state index in [2.05, 4.69) is 20.3 Å². The lowest BCUT2D eigenvalue weighted by Crippen LogP contribution is -2.09. The summed E-state index contributed by atoms with van der Waals surface area (Å²) < 4.78 is 32.3. The maximum atomic E-state index is 13.2. The summed E-state index contributed by atoms with van der Waals surface area (Å²) in [6.07, 6.45) is 0.655. The van der Waals surface area contributed by atoms with Crippen molar-refractivity contribution in [1.82, 2.24) is 15.0 Å². The standard InChI is InChI=1S/C28H23F2N5O/c29-17-19-4-8-20(9-5-19)23-16-26(36-24-3-1-2-21-10-13-25(31)34-27(21)24)35-28(33-23)32-15-14-18-6-11-22(30)12-7-18/h1-13,16H,14-15,17H2,(H2,31,34)(H,32,33,35). The van der Waals surface area contributed by atoms with E-state index in [-0.39, 0.29) is 5.82 Å². The Morgan fingerprint density at radius 2 is 1.61 bits per heavy atom. The van der Waals surface area contributed by atoms with Crippen LogP contribution in [0.15, 0.2) is 84.9 Å². The molecule has 0 unspecified atom stereocenters. The maximum absolute atomic E-state index is 13.2. The van der Waals surface area contributed by atoms with Crippen molar-refractivity contribution in [3.05, 3.63) is 102 Å².